The number of benzene rings is 2. The first-order valence-electron chi connectivity index (χ1n) is 10.1. The molecule has 1 aliphatic rings. The number of nitrogens with zero attached hydrogens (tertiary/aromatic N) is 1. The number of carbonyl (C=O) groups excluding carboxylic acids is 2. The van der Waals surface area contributed by atoms with Crippen LogP contribution in [0.2, 0.25) is 5.02 Å². The second-order valence-electron chi connectivity index (χ2n) is 7.40. The van der Waals surface area contributed by atoms with E-state index in [-0.39, 0.29) is 28.7 Å². The summed E-state index contributed by atoms with van der Waals surface area (Å²) in [6, 6.07) is 10.7. The molecule has 1 saturated heterocycles. The molecule has 0 spiro atoms. The third-order valence-corrected chi connectivity index (χ3v) is 6.79. The Kier molecular flexibility index (Phi) is 7.76. The van der Waals surface area contributed by atoms with Crippen LogP contribution in [0.5, 0.6) is 5.75 Å². The fourth-order valence-electron chi connectivity index (χ4n) is 3.35. The van der Waals surface area contributed by atoms with Crippen molar-refractivity contribution in [3.05, 3.63) is 58.6 Å². The molecule has 10 heteroatoms. The smallest absolute Gasteiger partial charge is 0.338 e. The van der Waals surface area contributed by atoms with Gasteiger partial charge in [0.25, 0.3) is 5.91 Å². The Labute approximate surface area is 192 Å². The molecule has 172 valence electrons. The van der Waals surface area contributed by atoms with Gasteiger partial charge in [0.2, 0.25) is 10.0 Å². The predicted octanol–water partition coefficient (Wildman–Crippen LogP) is 2.99. The van der Waals surface area contributed by atoms with Crippen molar-refractivity contribution in [1.29, 1.82) is 0 Å². The molecule has 0 bridgehead atoms. The van der Waals surface area contributed by atoms with Gasteiger partial charge in [0.15, 0.2) is 6.10 Å². The lowest BCUT2D eigenvalue weighted by molar-refractivity contribution is -0.138. The number of sulfonamides is 1. The largest absolute Gasteiger partial charge is 0.495 e. The summed E-state index contributed by atoms with van der Waals surface area (Å²) in [4.78, 5) is 26.4. The number of hydrogen-bond donors (Lipinski definition) is 1. The number of amides is 1. The first kappa shape index (κ1) is 24.0. The number of nitrogens with one attached hydrogen (secondary N) is 1. The van der Waals surface area contributed by atoms with Crippen LogP contribution >= 0.6 is 11.6 Å². The highest BCUT2D eigenvalue weighted by Gasteiger charge is 2.27. The third kappa shape index (κ3) is 5.79. The second kappa shape index (κ2) is 10.3. The SMILES string of the molecule is COc1ccc(C(=O)OC(C)C(=O)N2CCCC2)cc1S(=O)(=O)NCc1ccc(Cl)cc1. The van der Waals surface area contributed by atoms with Gasteiger partial charge in [-0.25, -0.2) is 17.9 Å². The van der Waals surface area contributed by atoms with Crippen molar-refractivity contribution in [3.63, 3.8) is 0 Å². The van der Waals surface area contributed by atoms with E-state index in [2.05, 4.69) is 4.72 Å². The molecule has 1 amide bonds. The maximum Gasteiger partial charge on any atom is 0.338 e. The van der Waals surface area contributed by atoms with E-state index < -0.39 is 22.1 Å². The van der Waals surface area contributed by atoms with Crippen molar-refractivity contribution in [1.82, 2.24) is 9.62 Å². The van der Waals surface area contributed by atoms with Gasteiger partial charge in [0.1, 0.15) is 10.6 Å². The molecular formula is C22H25ClN2O6S. The lowest BCUT2D eigenvalue weighted by atomic mass is 10.2. The standard InChI is InChI=1S/C22H25ClN2O6S/c1-15(21(26)25-11-3-4-12-25)31-22(27)17-7-10-19(30-2)20(13-17)32(28,29)24-14-16-5-8-18(23)9-6-16/h5-10,13,15,24H,3-4,11-12,14H2,1-2H3. The minimum atomic E-state index is -4.02. The quantitative estimate of drug-likeness (QED) is 0.583. The lowest BCUT2D eigenvalue weighted by Crippen LogP contribution is -2.38. The molecule has 1 heterocycles. The van der Waals surface area contributed by atoms with E-state index in [9.17, 15) is 18.0 Å². The van der Waals surface area contributed by atoms with Crippen molar-refractivity contribution in [2.75, 3.05) is 20.2 Å². The average Bonchev–Trinajstić information content (AvgIpc) is 3.32. The molecule has 3 rings (SSSR count). The molecule has 8 nitrogen and oxygen atoms in total. The number of ether oxygens (including phenoxy) is 2. The second-order valence-corrected chi connectivity index (χ2v) is 9.57. The summed E-state index contributed by atoms with van der Waals surface area (Å²) in [5.74, 6) is -0.977. The first-order valence-corrected chi connectivity index (χ1v) is 12.0. The van der Waals surface area contributed by atoms with Gasteiger partial charge in [-0.15, -0.1) is 0 Å². The van der Waals surface area contributed by atoms with Crippen molar-refractivity contribution in [3.8, 4) is 5.75 Å². The number of rotatable bonds is 8. The van der Waals surface area contributed by atoms with E-state index >= 15 is 0 Å². The number of carbonyl (C=O) groups is 2. The highest BCUT2D eigenvalue weighted by atomic mass is 35.5. The third-order valence-electron chi connectivity index (χ3n) is 5.12. The fourth-order valence-corrected chi connectivity index (χ4v) is 4.68. The minimum absolute atomic E-state index is 0.00117. The zero-order chi connectivity index (χ0) is 23.3. The van der Waals surface area contributed by atoms with Gasteiger partial charge in [-0.3, -0.25) is 4.79 Å². The molecule has 32 heavy (non-hydrogen) atoms. The van der Waals surface area contributed by atoms with E-state index in [0.717, 1.165) is 12.8 Å². The Bertz CT molecular complexity index is 1080. The molecule has 0 aliphatic carbocycles. The van der Waals surface area contributed by atoms with Gasteiger partial charge >= 0.3 is 5.97 Å². The van der Waals surface area contributed by atoms with Crippen LogP contribution in [0.25, 0.3) is 0 Å². The lowest BCUT2D eigenvalue weighted by Gasteiger charge is -2.20. The summed E-state index contributed by atoms with van der Waals surface area (Å²) in [5.41, 5.74) is 0.709. The van der Waals surface area contributed by atoms with Crippen LogP contribution in [-0.4, -0.2) is 51.5 Å². The average molecular weight is 481 g/mol. The summed E-state index contributed by atoms with van der Waals surface area (Å²) in [6.07, 6.45) is 0.885. The molecule has 1 N–H and O–H groups in total. The molecule has 0 aromatic heterocycles. The zero-order valence-corrected chi connectivity index (χ0v) is 19.4. The summed E-state index contributed by atoms with van der Waals surface area (Å²) >= 11 is 5.85. The number of methoxy groups -OCH3 is 1. The van der Waals surface area contributed by atoms with Crippen LogP contribution in [0.15, 0.2) is 47.4 Å². The minimum Gasteiger partial charge on any atom is -0.495 e. The zero-order valence-electron chi connectivity index (χ0n) is 17.8. The van der Waals surface area contributed by atoms with Crippen molar-refractivity contribution >= 4 is 33.5 Å². The van der Waals surface area contributed by atoms with Crippen LogP contribution in [0.3, 0.4) is 0 Å². The van der Waals surface area contributed by atoms with E-state index in [1.165, 1.54) is 32.2 Å². The topological polar surface area (TPSA) is 102 Å². The molecule has 2 aromatic carbocycles. The first-order chi connectivity index (χ1) is 15.2. The van der Waals surface area contributed by atoms with Gasteiger partial charge in [-0.2, -0.15) is 0 Å². The van der Waals surface area contributed by atoms with Crippen LogP contribution in [-0.2, 0) is 26.1 Å². The molecular weight excluding hydrogens is 456 g/mol. The van der Waals surface area contributed by atoms with E-state index in [1.807, 2.05) is 0 Å². The van der Waals surface area contributed by atoms with Gasteiger partial charge in [0, 0.05) is 24.7 Å². The highest BCUT2D eigenvalue weighted by molar-refractivity contribution is 7.89. The Morgan fingerprint density at radius 3 is 2.41 bits per heavy atom. The van der Waals surface area contributed by atoms with Gasteiger partial charge < -0.3 is 14.4 Å². The normalized spacial score (nSPS) is 14.8. The Hall–Kier alpha value is -2.62. The van der Waals surface area contributed by atoms with Gasteiger partial charge in [-0.1, -0.05) is 23.7 Å². The molecule has 1 aliphatic heterocycles. The van der Waals surface area contributed by atoms with Crippen LogP contribution in [0, 0.1) is 0 Å². The molecule has 1 atom stereocenters. The van der Waals surface area contributed by atoms with Gasteiger partial charge in [0.05, 0.1) is 12.7 Å². The number of halogens is 1. The maximum atomic E-state index is 12.9. The van der Waals surface area contributed by atoms with Gasteiger partial charge in [-0.05, 0) is 55.7 Å². The van der Waals surface area contributed by atoms with Crippen molar-refractivity contribution < 1.29 is 27.5 Å². The fraction of sp³-hybridized carbons (Fsp3) is 0.364. The van der Waals surface area contributed by atoms with E-state index in [4.69, 9.17) is 21.1 Å². The van der Waals surface area contributed by atoms with Crippen LogP contribution in [0.4, 0.5) is 0 Å². The summed E-state index contributed by atoms with van der Waals surface area (Å²) in [5, 5.41) is 0.543. The molecule has 0 radical (unpaired) electrons. The van der Waals surface area contributed by atoms with E-state index in [0.29, 0.717) is 23.7 Å². The van der Waals surface area contributed by atoms with Crippen LogP contribution in [0.1, 0.15) is 35.7 Å². The number of likely N-dealkylation sites (tertiary alicyclic amines) is 1. The van der Waals surface area contributed by atoms with E-state index in [1.54, 1.807) is 29.2 Å². The highest BCUT2D eigenvalue weighted by Crippen LogP contribution is 2.26. The molecule has 0 saturated carbocycles. The maximum absolute atomic E-state index is 12.9. The van der Waals surface area contributed by atoms with Crippen molar-refractivity contribution in [2.45, 2.75) is 37.3 Å². The van der Waals surface area contributed by atoms with Crippen LogP contribution < -0.4 is 9.46 Å². The molecule has 1 fully saturated rings. The number of esters is 1. The Morgan fingerprint density at radius 1 is 1.12 bits per heavy atom. The number of hydrogen-bond acceptors (Lipinski definition) is 6. The summed E-state index contributed by atoms with van der Waals surface area (Å²) in [7, 11) is -2.68. The monoisotopic (exact) mass is 480 g/mol. The Morgan fingerprint density at radius 2 is 1.78 bits per heavy atom. The molecule has 1 unspecified atom stereocenters. The molecule has 2 aromatic rings. The summed E-state index contributed by atoms with van der Waals surface area (Å²) in [6.45, 7) is 2.82. The predicted molar refractivity (Wildman–Crippen MR) is 119 cm³/mol. The van der Waals surface area contributed by atoms with Crippen molar-refractivity contribution in [2.24, 2.45) is 0 Å². The summed E-state index contributed by atoms with van der Waals surface area (Å²) < 4.78 is 38.8. The Balaban J connectivity index is 1.75.